The molecule has 3 atom stereocenters. The van der Waals surface area contributed by atoms with Crippen molar-refractivity contribution in [3.05, 3.63) is 24.2 Å². The van der Waals surface area contributed by atoms with Gasteiger partial charge in [-0.3, -0.25) is 0 Å². The molecule has 2 aromatic heterocycles. The molecule has 4 nitrogen and oxygen atoms in total. The van der Waals surface area contributed by atoms with Crippen LogP contribution in [0.15, 0.2) is 18.3 Å². The maximum Gasteiger partial charge on any atom is 0.160 e. The predicted octanol–water partition coefficient (Wildman–Crippen LogP) is 2.66. The predicted molar refractivity (Wildman–Crippen MR) is 68.6 cm³/mol. The van der Waals surface area contributed by atoms with Gasteiger partial charge in [0, 0.05) is 6.20 Å². The molecule has 2 aromatic rings. The first-order valence-electron chi connectivity index (χ1n) is 6.40. The van der Waals surface area contributed by atoms with E-state index in [2.05, 4.69) is 14.5 Å². The molecular formula is C13H14ClN3O. The third kappa shape index (κ3) is 1.42. The summed E-state index contributed by atoms with van der Waals surface area (Å²) < 4.78 is 8.14. The minimum atomic E-state index is 0.316. The molecule has 94 valence electrons. The monoisotopic (exact) mass is 263 g/mol. The van der Waals surface area contributed by atoms with Gasteiger partial charge in [-0.25, -0.2) is 9.97 Å². The number of alkyl halides is 1. The molecule has 4 rings (SSSR count). The molecule has 2 bridgehead atoms. The summed E-state index contributed by atoms with van der Waals surface area (Å²) in [5, 5.41) is 0. The van der Waals surface area contributed by atoms with Crippen LogP contribution in [0.25, 0.3) is 11.2 Å². The minimum absolute atomic E-state index is 0.316. The molecule has 2 fully saturated rings. The van der Waals surface area contributed by atoms with Crippen LogP contribution in [0.1, 0.15) is 31.1 Å². The molecule has 0 aliphatic carbocycles. The largest absolute Gasteiger partial charge is 0.373 e. The molecule has 2 saturated heterocycles. The molecule has 0 aromatic carbocycles. The number of nitrogens with zero attached hydrogens (tertiary/aromatic N) is 3. The van der Waals surface area contributed by atoms with Crippen molar-refractivity contribution in [1.29, 1.82) is 0 Å². The van der Waals surface area contributed by atoms with Crippen LogP contribution >= 0.6 is 11.6 Å². The van der Waals surface area contributed by atoms with E-state index in [1.807, 2.05) is 18.3 Å². The highest BCUT2D eigenvalue weighted by Crippen LogP contribution is 2.43. The molecule has 18 heavy (non-hydrogen) atoms. The number of rotatable bonds is 2. The van der Waals surface area contributed by atoms with E-state index in [9.17, 15) is 0 Å². The maximum absolute atomic E-state index is 6.03. The van der Waals surface area contributed by atoms with Gasteiger partial charge in [-0.05, 0) is 31.4 Å². The van der Waals surface area contributed by atoms with E-state index in [1.165, 1.54) is 6.42 Å². The number of imidazole rings is 1. The fourth-order valence-corrected chi connectivity index (χ4v) is 3.49. The topological polar surface area (TPSA) is 39.9 Å². The van der Waals surface area contributed by atoms with Crippen LogP contribution < -0.4 is 0 Å². The molecule has 3 unspecified atom stereocenters. The average Bonchev–Trinajstić information content (AvgIpc) is 3.10. The Morgan fingerprint density at radius 3 is 3.11 bits per heavy atom. The lowest BCUT2D eigenvalue weighted by molar-refractivity contribution is 0.0939. The Balaban J connectivity index is 1.88. The molecule has 4 heterocycles. The molecule has 0 radical (unpaired) electrons. The maximum atomic E-state index is 6.03. The summed E-state index contributed by atoms with van der Waals surface area (Å²) in [6.07, 6.45) is 5.95. The molecule has 0 saturated carbocycles. The van der Waals surface area contributed by atoms with E-state index in [0.29, 0.717) is 24.1 Å². The normalized spacial score (nSPS) is 30.4. The van der Waals surface area contributed by atoms with Gasteiger partial charge in [0.15, 0.2) is 5.65 Å². The standard InChI is InChI=1S/C13H14ClN3O/c14-7-12-16-9-2-1-5-15-13(9)17(12)10-6-8-3-4-11(10)18-8/h1-2,5,8,10-11H,3-4,6-7H2. The first-order chi connectivity index (χ1) is 8.86. The van der Waals surface area contributed by atoms with Crippen LogP contribution in [0.5, 0.6) is 0 Å². The molecule has 0 spiro atoms. The first kappa shape index (κ1) is 10.8. The summed E-state index contributed by atoms with van der Waals surface area (Å²) in [5.41, 5.74) is 1.87. The van der Waals surface area contributed by atoms with Crippen LogP contribution in [0.3, 0.4) is 0 Å². The summed E-state index contributed by atoms with van der Waals surface area (Å²) in [5.74, 6) is 1.33. The van der Waals surface area contributed by atoms with Gasteiger partial charge in [0.05, 0.1) is 24.1 Å². The number of hydrogen-bond donors (Lipinski definition) is 0. The Labute approximate surface area is 110 Å². The Kier molecular flexibility index (Phi) is 2.35. The van der Waals surface area contributed by atoms with Crippen LogP contribution in [-0.2, 0) is 10.6 Å². The van der Waals surface area contributed by atoms with E-state index in [1.54, 1.807) is 0 Å². The van der Waals surface area contributed by atoms with Crippen molar-refractivity contribution >= 4 is 22.8 Å². The summed E-state index contributed by atoms with van der Waals surface area (Å²) >= 11 is 6.03. The summed E-state index contributed by atoms with van der Waals surface area (Å²) in [6.45, 7) is 0. The Morgan fingerprint density at radius 1 is 1.44 bits per heavy atom. The lowest BCUT2D eigenvalue weighted by Gasteiger charge is -2.22. The number of halogens is 1. The number of fused-ring (bicyclic) bond motifs is 3. The van der Waals surface area contributed by atoms with E-state index < -0.39 is 0 Å². The van der Waals surface area contributed by atoms with Gasteiger partial charge in [-0.2, -0.15) is 0 Å². The summed E-state index contributed by atoms with van der Waals surface area (Å²) in [6, 6.07) is 4.26. The quantitative estimate of drug-likeness (QED) is 0.782. The lowest BCUT2D eigenvalue weighted by Crippen LogP contribution is -2.22. The number of hydrogen-bond acceptors (Lipinski definition) is 3. The Bertz CT molecular complexity index is 597. The number of ether oxygens (including phenoxy) is 1. The average molecular weight is 264 g/mol. The van der Waals surface area contributed by atoms with Crippen LogP contribution in [-0.4, -0.2) is 26.7 Å². The van der Waals surface area contributed by atoms with Crippen molar-refractivity contribution in [3.8, 4) is 0 Å². The smallest absolute Gasteiger partial charge is 0.160 e. The molecule has 0 amide bonds. The van der Waals surface area contributed by atoms with E-state index in [-0.39, 0.29) is 0 Å². The molecule has 2 aliphatic rings. The number of aromatic nitrogens is 3. The SMILES string of the molecule is ClCc1nc2cccnc2n1C1CC2CCC1O2. The van der Waals surface area contributed by atoms with Gasteiger partial charge in [-0.15, -0.1) is 11.6 Å². The van der Waals surface area contributed by atoms with Crippen molar-refractivity contribution in [2.45, 2.75) is 43.4 Å². The van der Waals surface area contributed by atoms with Crippen LogP contribution in [0.4, 0.5) is 0 Å². The summed E-state index contributed by atoms with van der Waals surface area (Å²) in [4.78, 5) is 9.04. The van der Waals surface area contributed by atoms with Crippen LogP contribution in [0, 0.1) is 0 Å². The van der Waals surface area contributed by atoms with Gasteiger partial charge < -0.3 is 9.30 Å². The lowest BCUT2D eigenvalue weighted by atomic mass is 9.95. The zero-order valence-electron chi connectivity index (χ0n) is 9.92. The fourth-order valence-electron chi connectivity index (χ4n) is 3.30. The van der Waals surface area contributed by atoms with Crippen molar-refractivity contribution < 1.29 is 4.74 Å². The number of pyridine rings is 1. The zero-order valence-corrected chi connectivity index (χ0v) is 10.7. The van der Waals surface area contributed by atoms with Gasteiger partial charge >= 0.3 is 0 Å². The second-order valence-corrected chi connectivity index (χ2v) is 5.32. The summed E-state index contributed by atoms with van der Waals surface area (Å²) in [7, 11) is 0. The van der Waals surface area contributed by atoms with Gasteiger partial charge in [0.25, 0.3) is 0 Å². The third-order valence-corrected chi connectivity index (χ3v) is 4.29. The van der Waals surface area contributed by atoms with Gasteiger partial charge in [0.2, 0.25) is 0 Å². The Hall–Kier alpha value is -1.13. The minimum Gasteiger partial charge on any atom is -0.373 e. The van der Waals surface area contributed by atoms with Crippen LogP contribution in [0.2, 0.25) is 0 Å². The van der Waals surface area contributed by atoms with Gasteiger partial charge in [0.1, 0.15) is 11.3 Å². The molecule has 2 aliphatic heterocycles. The van der Waals surface area contributed by atoms with Gasteiger partial charge in [-0.1, -0.05) is 0 Å². The second kappa shape index (κ2) is 3.93. The van der Waals surface area contributed by atoms with Crippen molar-refractivity contribution in [2.24, 2.45) is 0 Å². The third-order valence-electron chi connectivity index (χ3n) is 4.05. The molecule has 5 heteroatoms. The highest BCUT2D eigenvalue weighted by molar-refractivity contribution is 6.16. The van der Waals surface area contributed by atoms with Crippen molar-refractivity contribution in [1.82, 2.24) is 14.5 Å². The molecular weight excluding hydrogens is 250 g/mol. The highest BCUT2D eigenvalue weighted by Gasteiger charge is 2.43. The Morgan fingerprint density at radius 2 is 2.39 bits per heavy atom. The van der Waals surface area contributed by atoms with Crippen molar-refractivity contribution in [2.75, 3.05) is 0 Å². The fraction of sp³-hybridized carbons (Fsp3) is 0.538. The zero-order chi connectivity index (χ0) is 12.1. The highest BCUT2D eigenvalue weighted by atomic mass is 35.5. The first-order valence-corrected chi connectivity index (χ1v) is 6.93. The second-order valence-electron chi connectivity index (χ2n) is 5.05. The van der Waals surface area contributed by atoms with E-state index >= 15 is 0 Å². The van der Waals surface area contributed by atoms with Crippen molar-refractivity contribution in [3.63, 3.8) is 0 Å². The molecule has 0 N–H and O–H groups in total. The van der Waals surface area contributed by atoms with E-state index in [4.69, 9.17) is 16.3 Å². The van der Waals surface area contributed by atoms with E-state index in [0.717, 1.165) is 29.8 Å².